The Morgan fingerprint density at radius 1 is 0.171 bits per heavy atom. The first-order valence-corrected chi connectivity index (χ1v) is 24.2. The summed E-state index contributed by atoms with van der Waals surface area (Å²) in [4.78, 5) is 0. The minimum absolute atomic E-state index is 1.28. The summed E-state index contributed by atoms with van der Waals surface area (Å²) in [5.41, 5.74) is 13.1. The Morgan fingerprint density at radius 3 is 1.17 bits per heavy atom. The maximum Gasteiger partial charge on any atom is -0.0103 e. The highest BCUT2D eigenvalue weighted by atomic mass is 14.1. The molecular weight excluding hydrogens is 841 g/mol. The highest BCUT2D eigenvalue weighted by Gasteiger charge is 2.02. The van der Waals surface area contributed by atoms with Gasteiger partial charge in [-0.25, -0.2) is 0 Å². The van der Waals surface area contributed by atoms with E-state index in [1.54, 1.807) is 0 Å². The van der Waals surface area contributed by atoms with Gasteiger partial charge in [0.1, 0.15) is 0 Å². The van der Waals surface area contributed by atoms with Gasteiger partial charge in [0.05, 0.1) is 0 Å². The first-order chi connectivity index (χ1) is 34.2. The van der Waals surface area contributed by atoms with Crippen LogP contribution in [0.25, 0.3) is 65.3 Å². The summed E-state index contributed by atoms with van der Waals surface area (Å²) in [5, 5.41) is 10.7. The Labute approximate surface area is 417 Å². The first kappa shape index (κ1) is 49.6. The van der Waals surface area contributed by atoms with Crippen molar-refractivity contribution in [1.29, 1.82) is 0 Å². The summed E-state index contributed by atoms with van der Waals surface area (Å²) in [5.74, 6) is 0. The topological polar surface area (TPSA) is 0 Å². The maximum absolute atomic E-state index is 2.26. The lowest BCUT2D eigenvalue weighted by atomic mass is 9.98. The van der Waals surface area contributed by atoms with Crippen LogP contribution >= 0.6 is 0 Å². The SMILES string of the molecule is Cc1cc2ccccc2c2ccccc12.Cc1ccc(-c2ccccc2)cc1.Cc1ccc2ccccc2c1.Cc1cccc(-c2ccccc2)c1.Cc1cccc2ccccc12.Cc1ccccc1. The molecule has 12 aromatic rings. The van der Waals surface area contributed by atoms with Crippen LogP contribution in [0.4, 0.5) is 0 Å². The fraction of sp³-hybridized carbons (Fsp3) is 0.0857. The van der Waals surface area contributed by atoms with E-state index in [4.69, 9.17) is 0 Å². The van der Waals surface area contributed by atoms with Crippen LogP contribution in [-0.2, 0) is 0 Å². The predicted octanol–water partition coefficient (Wildman–Crippen LogP) is 19.9. The van der Waals surface area contributed by atoms with Crippen LogP contribution in [0.3, 0.4) is 0 Å². The van der Waals surface area contributed by atoms with Crippen LogP contribution in [-0.4, -0.2) is 0 Å². The molecule has 0 atom stereocenters. The number of aryl methyl sites for hydroxylation is 6. The van der Waals surface area contributed by atoms with E-state index in [1.165, 1.54) is 98.7 Å². The highest BCUT2D eigenvalue weighted by Crippen LogP contribution is 2.28. The second-order valence-electron chi connectivity index (χ2n) is 17.7. The van der Waals surface area contributed by atoms with Gasteiger partial charge >= 0.3 is 0 Å². The number of rotatable bonds is 2. The van der Waals surface area contributed by atoms with Crippen molar-refractivity contribution in [2.75, 3.05) is 0 Å². The molecule has 0 nitrogen and oxygen atoms in total. The summed E-state index contributed by atoms with van der Waals surface area (Å²) >= 11 is 0. The fourth-order valence-electron chi connectivity index (χ4n) is 8.30. The Morgan fingerprint density at radius 2 is 0.571 bits per heavy atom. The molecule has 12 aromatic carbocycles. The van der Waals surface area contributed by atoms with Gasteiger partial charge in [-0.3, -0.25) is 0 Å². The van der Waals surface area contributed by atoms with Crippen molar-refractivity contribution in [3.8, 4) is 22.3 Å². The standard InChI is InChI=1S/C15H12.2C13H12.2C11H10.C7H8/c1-11-10-12-6-2-3-8-14(12)15-9-5-4-7-13(11)15;1-11-6-5-9-13(10-11)12-7-3-2-4-8-12;1-11-7-9-13(10-8-11)12-5-3-2-4-6-12;1-9-5-4-7-10-6-2-3-8-11(9)10;1-9-6-7-10-4-2-3-5-11(10)8-9;1-7-5-3-2-4-6-7/h2-10H,1H3;2*2-10H,1H3;2*2-8H,1H3;2-6H,1H3. The van der Waals surface area contributed by atoms with E-state index in [1.807, 2.05) is 30.3 Å². The molecule has 0 heteroatoms. The molecule has 0 saturated carbocycles. The van der Waals surface area contributed by atoms with Gasteiger partial charge in [-0.2, -0.15) is 0 Å². The molecule has 12 rings (SSSR count). The molecule has 0 saturated heterocycles. The molecular formula is C70H64. The smallest absolute Gasteiger partial charge is 0.0103 e. The Kier molecular flexibility index (Phi) is 18.2. The van der Waals surface area contributed by atoms with Crippen LogP contribution in [0.15, 0.2) is 279 Å². The van der Waals surface area contributed by atoms with Crippen LogP contribution < -0.4 is 0 Å². The van der Waals surface area contributed by atoms with E-state index < -0.39 is 0 Å². The zero-order valence-corrected chi connectivity index (χ0v) is 41.6. The molecule has 0 unspecified atom stereocenters. The second kappa shape index (κ2) is 25.7. The van der Waals surface area contributed by atoms with Gasteiger partial charge in [-0.1, -0.05) is 301 Å². The third kappa shape index (κ3) is 14.6. The van der Waals surface area contributed by atoms with Crippen LogP contribution in [0.1, 0.15) is 33.4 Å². The van der Waals surface area contributed by atoms with Crippen LogP contribution in [0.5, 0.6) is 0 Å². The number of hydrogen-bond acceptors (Lipinski definition) is 0. The van der Waals surface area contributed by atoms with E-state index in [9.17, 15) is 0 Å². The largest absolute Gasteiger partial charge is 0.0622 e. The average molecular weight is 905 g/mol. The van der Waals surface area contributed by atoms with Gasteiger partial charge in [0.15, 0.2) is 0 Å². The Bertz CT molecular complexity index is 3450. The maximum atomic E-state index is 2.26. The molecule has 0 amide bonds. The molecule has 0 heterocycles. The molecule has 0 fully saturated rings. The zero-order chi connectivity index (χ0) is 48.9. The van der Waals surface area contributed by atoms with Gasteiger partial charge in [-0.05, 0) is 118 Å². The third-order valence-corrected chi connectivity index (χ3v) is 12.1. The molecule has 0 aromatic heterocycles. The lowest BCUT2D eigenvalue weighted by Gasteiger charge is -2.06. The fourth-order valence-corrected chi connectivity index (χ4v) is 8.30. The van der Waals surface area contributed by atoms with Gasteiger partial charge < -0.3 is 0 Å². The minimum Gasteiger partial charge on any atom is -0.0622 e. The lowest BCUT2D eigenvalue weighted by molar-refractivity contribution is 1.47. The molecule has 0 aliphatic heterocycles. The highest BCUT2D eigenvalue weighted by molar-refractivity contribution is 6.08. The molecule has 344 valence electrons. The summed E-state index contributed by atoms with van der Waals surface area (Å²) in [7, 11) is 0. The van der Waals surface area contributed by atoms with Gasteiger partial charge in [-0.15, -0.1) is 0 Å². The van der Waals surface area contributed by atoms with Crippen molar-refractivity contribution < 1.29 is 0 Å². The summed E-state index contributed by atoms with van der Waals surface area (Å²) in [6, 6.07) is 97.4. The van der Waals surface area contributed by atoms with Crippen molar-refractivity contribution >= 4 is 43.1 Å². The van der Waals surface area contributed by atoms with E-state index in [2.05, 4.69) is 290 Å². The predicted molar refractivity (Wildman–Crippen MR) is 308 cm³/mol. The number of hydrogen-bond donors (Lipinski definition) is 0. The average Bonchev–Trinajstić information content (AvgIpc) is 3.41. The van der Waals surface area contributed by atoms with Crippen LogP contribution in [0.2, 0.25) is 0 Å². The number of fused-ring (bicyclic) bond motifs is 5. The molecule has 0 spiro atoms. The molecule has 70 heavy (non-hydrogen) atoms. The quantitative estimate of drug-likeness (QED) is 0.152. The van der Waals surface area contributed by atoms with Crippen molar-refractivity contribution in [1.82, 2.24) is 0 Å². The normalized spacial score (nSPS) is 10.1. The monoisotopic (exact) mass is 905 g/mol. The third-order valence-electron chi connectivity index (χ3n) is 12.1. The Balaban J connectivity index is 0.000000125. The molecule has 0 radical (unpaired) electrons. The van der Waals surface area contributed by atoms with Gasteiger partial charge in [0.2, 0.25) is 0 Å². The molecule has 0 aliphatic rings. The van der Waals surface area contributed by atoms with Crippen molar-refractivity contribution in [2.45, 2.75) is 41.5 Å². The minimum atomic E-state index is 1.28. The van der Waals surface area contributed by atoms with E-state index in [-0.39, 0.29) is 0 Å². The lowest BCUT2D eigenvalue weighted by Crippen LogP contribution is -1.81. The molecule has 0 N–H and O–H groups in total. The van der Waals surface area contributed by atoms with E-state index >= 15 is 0 Å². The summed E-state index contributed by atoms with van der Waals surface area (Å²) in [6.45, 7) is 12.7. The molecule has 0 aliphatic carbocycles. The van der Waals surface area contributed by atoms with E-state index in [0.717, 1.165) is 0 Å². The van der Waals surface area contributed by atoms with Crippen molar-refractivity contribution in [2.24, 2.45) is 0 Å². The van der Waals surface area contributed by atoms with Gasteiger partial charge in [0.25, 0.3) is 0 Å². The second-order valence-corrected chi connectivity index (χ2v) is 17.7. The van der Waals surface area contributed by atoms with Gasteiger partial charge in [0, 0.05) is 0 Å². The van der Waals surface area contributed by atoms with Crippen LogP contribution in [0, 0.1) is 41.5 Å². The number of benzene rings is 12. The molecule has 0 bridgehead atoms. The van der Waals surface area contributed by atoms with Crippen molar-refractivity contribution in [3.63, 3.8) is 0 Å². The Hall–Kier alpha value is -8.32. The van der Waals surface area contributed by atoms with Crippen molar-refractivity contribution in [3.05, 3.63) is 312 Å². The zero-order valence-electron chi connectivity index (χ0n) is 41.6. The van der Waals surface area contributed by atoms with E-state index in [0.29, 0.717) is 0 Å². The summed E-state index contributed by atoms with van der Waals surface area (Å²) in [6.07, 6.45) is 0. The first-order valence-electron chi connectivity index (χ1n) is 24.2. The summed E-state index contributed by atoms with van der Waals surface area (Å²) < 4.78 is 0.